The number of carbonyl (C=O) groups is 2. The molecule has 1 aliphatic heterocycles. The average Bonchev–Trinajstić information content (AvgIpc) is 3.43. The highest BCUT2D eigenvalue weighted by atomic mass is 32.1. The summed E-state index contributed by atoms with van der Waals surface area (Å²) in [5.41, 5.74) is 3.27. The van der Waals surface area contributed by atoms with Crippen LogP contribution in [0.15, 0.2) is 53.1 Å². The summed E-state index contributed by atoms with van der Waals surface area (Å²) < 4.78 is 5.12. The number of hydrogen-bond acceptors (Lipinski definition) is 4. The maximum atomic E-state index is 13.3. The number of benzene rings is 1. The number of furan rings is 1. The number of nitrogens with zero attached hydrogens (tertiary/aromatic N) is 1. The predicted molar refractivity (Wildman–Crippen MR) is 110 cm³/mol. The van der Waals surface area contributed by atoms with E-state index >= 15 is 0 Å². The van der Waals surface area contributed by atoms with Crippen LogP contribution < -0.4 is 5.32 Å². The molecule has 0 spiro atoms. The number of thiophene rings is 1. The maximum absolute atomic E-state index is 13.3. The lowest BCUT2D eigenvalue weighted by Crippen LogP contribution is -2.30. The normalized spacial score (nSPS) is 16.4. The molecular weight excluding hydrogens is 372 g/mol. The molecule has 1 N–H and O–H groups in total. The second-order valence-corrected chi connectivity index (χ2v) is 8.17. The predicted octanol–water partition coefficient (Wildman–Crippen LogP) is 5.19. The van der Waals surface area contributed by atoms with Crippen molar-refractivity contribution in [2.75, 3.05) is 11.9 Å². The summed E-state index contributed by atoms with van der Waals surface area (Å²) in [6, 6.07) is 13.6. The Bertz CT molecular complexity index is 989. The largest absolute Gasteiger partial charge is 0.459 e. The first-order valence-electron chi connectivity index (χ1n) is 9.36. The highest BCUT2D eigenvalue weighted by molar-refractivity contribution is 7.18. The first kappa shape index (κ1) is 18.5. The fourth-order valence-corrected chi connectivity index (χ4v) is 4.64. The molecule has 1 saturated heterocycles. The van der Waals surface area contributed by atoms with Crippen molar-refractivity contribution in [3.8, 4) is 0 Å². The number of hydrogen-bond donors (Lipinski definition) is 1. The minimum absolute atomic E-state index is 0.0315. The van der Waals surface area contributed by atoms with Crippen LogP contribution in [0.5, 0.6) is 0 Å². The Labute approximate surface area is 168 Å². The Morgan fingerprint density at radius 2 is 1.96 bits per heavy atom. The van der Waals surface area contributed by atoms with Crippen molar-refractivity contribution < 1.29 is 14.0 Å². The monoisotopic (exact) mass is 394 g/mol. The third kappa shape index (κ3) is 3.60. The number of rotatable bonds is 4. The van der Waals surface area contributed by atoms with Crippen LogP contribution in [-0.2, 0) is 0 Å². The molecule has 0 aliphatic carbocycles. The lowest BCUT2D eigenvalue weighted by molar-refractivity contribution is 0.0739. The SMILES string of the molecule is Cc1ccc(C2CCCN2C(=O)c2sc(NC(=O)c3ccco3)cc2C)cc1. The summed E-state index contributed by atoms with van der Waals surface area (Å²) in [5.74, 6) is -0.0362. The zero-order valence-electron chi connectivity index (χ0n) is 15.9. The molecule has 1 fully saturated rings. The number of likely N-dealkylation sites (tertiary alicyclic amines) is 1. The van der Waals surface area contributed by atoms with Crippen LogP contribution in [0.25, 0.3) is 0 Å². The van der Waals surface area contributed by atoms with Crippen molar-refractivity contribution in [2.45, 2.75) is 32.7 Å². The summed E-state index contributed by atoms with van der Waals surface area (Å²) in [4.78, 5) is 28.1. The van der Waals surface area contributed by atoms with Crippen LogP contribution in [-0.4, -0.2) is 23.3 Å². The van der Waals surface area contributed by atoms with E-state index in [4.69, 9.17) is 4.42 Å². The van der Waals surface area contributed by atoms with E-state index in [-0.39, 0.29) is 23.6 Å². The lowest BCUT2D eigenvalue weighted by atomic mass is 10.0. The molecule has 3 heterocycles. The van der Waals surface area contributed by atoms with Crippen LogP contribution in [0, 0.1) is 13.8 Å². The molecule has 0 bridgehead atoms. The van der Waals surface area contributed by atoms with Gasteiger partial charge in [-0.1, -0.05) is 29.8 Å². The van der Waals surface area contributed by atoms with E-state index in [0.29, 0.717) is 9.88 Å². The molecule has 3 aromatic rings. The minimum Gasteiger partial charge on any atom is -0.459 e. The minimum atomic E-state index is -0.316. The number of carbonyl (C=O) groups excluding carboxylic acids is 2. The van der Waals surface area contributed by atoms with Crippen molar-refractivity contribution in [3.05, 3.63) is 76.1 Å². The van der Waals surface area contributed by atoms with Gasteiger partial charge < -0.3 is 14.6 Å². The first-order valence-corrected chi connectivity index (χ1v) is 10.2. The van der Waals surface area contributed by atoms with Gasteiger partial charge in [0.2, 0.25) is 0 Å². The standard InChI is InChI=1S/C22H22N2O3S/c1-14-7-9-16(10-8-14)17-5-3-11-24(17)22(26)20-15(2)13-19(28-20)23-21(25)18-6-4-12-27-18/h4,6-10,12-13,17H,3,5,11H2,1-2H3,(H,23,25). The topological polar surface area (TPSA) is 62.6 Å². The maximum Gasteiger partial charge on any atom is 0.291 e. The number of amides is 2. The van der Waals surface area contributed by atoms with Gasteiger partial charge in [-0.15, -0.1) is 11.3 Å². The van der Waals surface area contributed by atoms with Crippen molar-refractivity contribution in [2.24, 2.45) is 0 Å². The Hall–Kier alpha value is -2.86. The number of anilines is 1. The lowest BCUT2D eigenvalue weighted by Gasteiger charge is -2.25. The molecule has 2 aromatic heterocycles. The Morgan fingerprint density at radius 3 is 2.68 bits per heavy atom. The summed E-state index contributed by atoms with van der Waals surface area (Å²) in [7, 11) is 0. The van der Waals surface area contributed by atoms with Gasteiger partial charge in [-0.05, 0) is 56.0 Å². The third-order valence-electron chi connectivity index (χ3n) is 5.07. The van der Waals surface area contributed by atoms with E-state index in [1.165, 1.54) is 28.7 Å². The van der Waals surface area contributed by atoms with Gasteiger partial charge in [0, 0.05) is 6.54 Å². The zero-order valence-corrected chi connectivity index (χ0v) is 16.7. The first-order chi connectivity index (χ1) is 13.5. The molecular formula is C22H22N2O3S. The second-order valence-electron chi connectivity index (χ2n) is 7.12. The van der Waals surface area contributed by atoms with Crippen LogP contribution in [0.3, 0.4) is 0 Å². The van der Waals surface area contributed by atoms with Crippen molar-refractivity contribution in [1.29, 1.82) is 0 Å². The average molecular weight is 394 g/mol. The van der Waals surface area contributed by atoms with Gasteiger partial charge >= 0.3 is 0 Å². The quantitative estimate of drug-likeness (QED) is 0.662. The highest BCUT2D eigenvalue weighted by Crippen LogP contribution is 2.36. The molecule has 1 aliphatic rings. The molecule has 0 radical (unpaired) electrons. The van der Waals surface area contributed by atoms with Crippen LogP contribution >= 0.6 is 11.3 Å². The molecule has 144 valence electrons. The molecule has 28 heavy (non-hydrogen) atoms. The van der Waals surface area contributed by atoms with Gasteiger partial charge in [0.25, 0.3) is 11.8 Å². The Morgan fingerprint density at radius 1 is 1.18 bits per heavy atom. The van der Waals surface area contributed by atoms with Crippen LogP contribution in [0.4, 0.5) is 5.00 Å². The third-order valence-corrected chi connectivity index (χ3v) is 6.21. The molecule has 2 amide bonds. The van der Waals surface area contributed by atoms with Gasteiger partial charge in [-0.2, -0.15) is 0 Å². The fraction of sp³-hybridized carbons (Fsp3) is 0.273. The molecule has 1 aromatic carbocycles. The second kappa shape index (κ2) is 7.64. The van der Waals surface area contributed by atoms with Crippen LogP contribution in [0.2, 0.25) is 0 Å². The molecule has 4 rings (SSSR count). The van der Waals surface area contributed by atoms with E-state index in [9.17, 15) is 9.59 Å². The van der Waals surface area contributed by atoms with Gasteiger partial charge in [0.1, 0.15) is 0 Å². The van der Waals surface area contributed by atoms with E-state index in [1.807, 2.05) is 17.9 Å². The van der Waals surface area contributed by atoms with Crippen molar-refractivity contribution in [3.63, 3.8) is 0 Å². The van der Waals surface area contributed by atoms with E-state index < -0.39 is 0 Å². The summed E-state index contributed by atoms with van der Waals surface area (Å²) in [6.45, 7) is 4.72. The fourth-order valence-electron chi connectivity index (χ4n) is 3.61. The van der Waals surface area contributed by atoms with Gasteiger partial charge in [0.05, 0.1) is 22.2 Å². The molecule has 1 unspecified atom stereocenters. The molecule has 5 nitrogen and oxygen atoms in total. The van der Waals surface area contributed by atoms with E-state index in [2.05, 4.69) is 36.5 Å². The smallest absolute Gasteiger partial charge is 0.291 e. The number of nitrogens with one attached hydrogen (secondary N) is 1. The van der Waals surface area contributed by atoms with Gasteiger partial charge in [0.15, 0.2) is 5.76 Å². The zero-order chi connectivity index (χ0) is 19.7. The number of aryl methyl sites for hydroxylation is 2. The molecule has 6 heteroatoms. The highest BCUT2D eigenvalue weighted by Gasteiger charge is 2.32. The molecule has 0 saturated carbocycles. The van der Waals surface area contributed by atoms with Crippen molar-refractivity contribution in [1.82, 2.24) is 4.90 Å². The van der Waals surface area contributed by atoms with Crippen LogP contribution in [0.1, 0.15) is 55.8 Å². The molecule has 1 atom stereocenters. The van der Waals surface area contributed by atoms with E-state index in [1.54, 1.807) is 12.1 Å². The van der Waals surface area contributed by atoms with Gasteiger partial charge in [-0.25, -0.2) is 0 Å². The Balaban J connectivity index is 1.53. The summed E-state index contributed by atoms with van der Waals surface area (Å²) in [5, 5.41) is 3.46. The summed E-state index contributed by atoms with van der Waals surface area (Å²) in [6.07, 6.45) is 3.43. The van der Waals surface area contributed by atoms with E-state index in [0.717, 1.165) is 24.9 Å². The van der Waals surface area contributed by atoms with Crippen molar-refractivity contribution >= 4 is 28.2 Å². The Kier molecular flexibility index (Phi) is 5.05. The van der Waals surface area contributed by atoms with Gasteiger partial charge in [-0.3, -0.25) is 9.59 Å². The summed E-state index contributed by atoms with van der Waals surface area (Å²) >= 11 is 1.31.